The van der Waals surface area contributed by atoms with E-state index in [4.69, 9.17) is 4.74 Å². The molecule has 0 radical (unpaired) electrons. The van der Waals surface area contributed by atoms with Gasteiger partial charge < -0.3 is 9.64 Å². The number of carbonyl (C=O) groups excluding carboxylic acids is 1. The zero-order valence-electron chi connectivity index (χ0n) is 9.08. The van der Waals surface area contributed by atoms with Gasteiger partial charge in [0.1, 0.15) is 0 Å². The highest BCUT2D eigenvalue weighted by atomic mass is 16.5. The first-order valence-electron chi connectivity index (χ1n) is 5.46. The van der Waals surface area contributed by atoms with E-state index in [9.17, 15) is 4.79 Å². The van der Waals surface area contributed by atoms with Crippen molar-refractivity contribution in [2.45, 2.75) is 25.7 Å². The van der Waals surface area contributed by atoms with E-state index in [0.717, 1.165) is 19.4 Å². The fourth-order valence-electron chi connectivity index (χ4n) is 2.73. The zero-order chi connectivity index (χ0) is 10.2. The summed E-state index contributed by atoms with van der Waals surface area (Å²) in [7, 11) is 3.65. The van der Waals surface area contributed by atoms with Crippen LogP contribution in [-0.4, -0.2) is 38.1 Å². The highest BCUT2D eigenvalue weighted by Crippen LogP contribution is 2.55. The molecular weight excluding hydrogens is 178 g/mol. The van der Waals surface area contributed by atoms with Crippen molar-refractivity contribution in [3.63, 3.8) is 0 Å². The molecule has 0 aromatic carbocycles. The number of hydrogen-bond acceptors (Lipinski definition) is 3. The molecular formula is C11H19NO2. The van der Waals surface area contributed by atoms with Gasteiger partial charge in [0.05, 0.1) is 12.5 Å². The second kappa shape index (κ2) is 3.54. The van der Waals surface area contributed by atoms with E-state index in [2.05, 4.69) is 11.9 Å². The molecule has 1 saturated heterocycles. The minimum absolute atomic E-state index is 0.0257. The highest BCUT2D eigenvalue weighted by molar-refractivity contribution is 5.80. The molecule has 1 aliphatic carbocycles. The smallest absolute Gasteiger partial charge is 0.312 e. The minimum atomic E-state index is -0.0938. The number of nitrogens with zero attached hydrogens (tertiary/aromatic N) is 1. The summed E-state index contributed by atoms with van der Waals surface area (Å²) in [6.07, 6.45) is 4.50. The predicted molar refractivity (Wildman–Crippen MR) is 53.9 cm³/mol. The molecule has 1 aliphatic heterocycles. The van der Waals surface area contributed by atoms with Crippen LogP contribution in [-0.2, 0) is 9.53 Å². The maximum atomic E-state index is 11.7. The highest BCUT2D eigenvalue weighted by Gasteiger charge is 2.56. The molecule has 0 amide bonds. The maximum Gasteiger partial charge on any atom is 0.312 e. The van der Waals surface area contributed by atoms with Crippen molar-refractivity contribution in [2.75, 3.05) is 27.2 Å². The Bertz CT molecular complexity index is 235. The van der Waals surface area contributed by atoms with Crippen molar-refractivity contribution >= 4 is 5.97 Å². The van der Waals surface area contributed by atoms with Crippen molar-refractivity contribution in [1.82, 2.24) is 4.90 Å². The second-order valence-electron chi connectivity index (χ2n) is 4.75. The van der Waals surface area contributed by atoms with Gasteiger partial charge in [-0.3, -0.25) is 4.79 Å². The van der Waals surface area contributed by atoms with Gasteiger partial charge in [-0.15, -0.1) is 0 Å². The lowest BCUT2D eigenvalue weighted by molar-refractivity contribution is -0.150. The van der Waals surface area contributed by atoms with Crippen LogP contribution in [0.15, 0.2) is 0 Å². The normalized spacial score (nSPS) is 31.1. The van der Waals surface area contributed by atoms with Crippen LogP contribution in [0.25, 0.3) is 0 Å². The van der Waals surface area contributed by atoms with E-state index in [1.807, 2.05) is 0 Å². The lowest BCUT2D eigenvalue weighted by atomic mass is 9.83. The molecule has 1 saturated carbocycles. The molecule has 0 aromatic rings. The summed E-state index contributed by atoms with van der Waals surface area (Å²) < 4.78 is 4.91. The quantitative estimate of drug-likeness (QED) is 0.625. The van der Waals surface area contributed by atoms with Gasteiger partial charge in [0.2, 0.25) is 0 Å². The SMILES string of the molecule is COC(=O)C1(C2CCCN(C)C2)CC1. The third-order valence-corrected chi connectivity index (χ3v) is 3.79. The van der Waals surface area contributed by atoms with Crippen LogP contribution in [0.1, 0.15) is 25.7 Å². The average Bonchev–Trinajstić information content (AvgIpc) is 2.97. The van der Waals surface area contributed by atoms with Crippen LogP contribution in [0.5, 0.6) is 0 Å². The summed E-state index contributed by atoms with van der Waals surface area (Å²) in [4.78, 5) is 14.0. The van der Waals surface area contributed by atoms with Gasteiger partial charge in [0, 0.05) is 6.54 Å². The molecule has 0 aromatic heterocycles. The predicted octanol–water partition coefficient (Wildman–Crippen LogP) is 1.28. The first kappa shape index (κ1) is 9.97. The summed E-state index contributed by atoms with van der Waals surface area (Å²) in [5, 5.41) is 0. The molecule has 14 heavy (non-hydrogen) atoms. The molecule has 2 fully saturated rings. The monoisotopic (exact) mass is 197 g/mol. The van der Waals surface area contributed by atoms with Gasteiger partial charge in [-0.05, 0) is 45.2 Å². The second-order valence-corrected chi connectivity index (χ2v) is 4.75. The van der Waals surface area contributed by atoms with Crippen LogP contribution in [0, 0.1) is 11.3 Å². The molecule has 2 aliphatic rings. The first-order valence-corrected chi connectivity index (χ1v) is 5.46. The van der Waals surface area contributed by atoms with Crippen molar-refractivity contribution < 1.29 is 9.53 Å². The summed E-state index contributed by atoms with van der Waals surface area (Å²) in [5.41, 5.74) is -0.0938. The Kier molecular flexibility index (Phi) is 2.52. The molecule has 0 bridgehead atoms. The minimum Gasteiger partial charge on any atom is -0.469 e. The summed E-state index contributed by atoms with van der Waals surface area (Å²) in [6, 6.07) is 0. The van der Waals surface area contributed by atoms with Gasteiger partial charge in [-0.1, -0.05) is 0 Å². The van der Waals surface area contributed by atoms with Crippen molar-refractivity contribution in [3.8, 4) is 0 Å². The largest absolute Gasteiger partial charge is 0.469 e. The van der Waals surface area contributed by atoms with Crippen LogP contribution in [0.2, 0.25) is 0 Å². The molecule has 3 nitrogen and oxygen atoms in total. The van der Waals surface area contributed by atoms with Crippen LogP contribution in [0.4, 0.5) is 0 Å². The van der Waals surface area contributed by atoms with E-state index in [-0.39, 0.29) is 11.4 Å². The summed E-state index contributed by atoms with van der Waals surface area (Å²) >= 11 is 0. The number of likely N-dealkylation sites (tertiary alicyclic amines) is 1. The Labute approximate surface area is 85.4 Å². The number of carbonyl (C=O) groups is 1. The van der Waals surface area contributed by atoms with E-state index >= 15 is 0 Å². The molecule has 3 heteroatoms. The maximum absolute atomic E-state index is 11.7. The Morgan fingerprint density at radius 1 is 1.50 bits per heavy atom. The van der Waals surface area contributed by atoms with Crippen LogP contribution < -0.4 is 0 Å². The number of piperidine rings is 1. The van der Waals surface area contributed by atoms with Gasteiger partial charge >= 0.3 is 5.97 Å². The fraction of sp³-hybridized carbons (Fsp3) is 0.909. The topological polar surface area (TPSA) is 29.5 Å². The molecule has 80 valence electrons. The molecule has 2 rings (SSSR count). The number of methoxy groups -OCH3 is 1. The Hall–Kier alpha value is -0.570. The molecule has 0 spiro atoms. The number of ether oxygens (including phenoxy) is 1. The standard InChI is InChI=1S/C11H19NO2/c1-12-7-3-4-9(8-12)11(5-6-11)10(13)14-2/h9H,3-8H2,1-2H3. The van der Waals surface area contributed by atoms with E-state index in [1.54, 1.807) is 0 Å². The zero-order valence-corrected chi connectivity index (χ0v) is 9.08. The summed E-state index contributed by atoms with van der Waals surface area (Å²) in [5.74, 6) is 0.562. The number of esters is 1. The Morgan fingerprint density at radius 2 is 2.21 bits per heavy atom. The number of rotatable bonds is 2. The van der Waals surface area contributed by atoms with Crippen LogP contribution >= 0.6 is 0 Å². The van der Waals surface area contributed by atoms with Gasteiger partial charge in [0.25, 0.3) is 0 Å². The third-order valence-electron chi connectivity index (χ3n) is 3.79. The van der Waals surface area contributed by atoms with Crippen molar-refractivity contribution in [1.29, 1.82) is 0 Å². The van der Waals surface area contributed by atoms with E-state index in [0.29, 0.717) is 5.92 Å². The molecule has 1 atom stereocenters. The van der Waals surface area contributed by atoms with Gasteiger partial charge in [-0.2, -0.15) is 0 Å². The number of hydrogen-bond donors (Lipinski definition) is 0. The first-order chi connectivity index (χ1) is 6.69. The van der Waals surface area contributed by atoms with Crippen LogP contribution in [0.3, 0.4) is 0 Å². The summed E-state index contributed by atoms with van der Waals surface area (Å²) in [6.45, 7) is 2.24. The van der Waals surface area contributed by atoms with Crippen molar-refractivity contribution in [3.05, 3.63) is 0 Å². The molecule has 0 N–H and O–H groups in total. The Morgan fingerprint density at radius 3 is 2.71 bits per heavy atom. The van der Waals surface area contributed by atoms with Gasteiger partial charge in [0.15, 0.2) is 0 Å². The molecule has 1 heterocycles. The lowest BCUT2D eigenvalue weighted by Crippen LogP contribution is -2.39. The van der Waals surface area contributed by atoms with Gasteiger partial charge in [-0.25, -0.2) is 0 Å². The third kappa shape index (κ3) is 1.54. The van der Waals surface area contributed by atoms with Crippen molar-refractivity contribution in [2.24, 2.45) is 11.3 Å². The van der Waals surface area contributed by atoms with E-state index in [1.165, 1.54) is 26.5 Å². The Balaban J connectivity index is 2.03. The average molecular weight is 197 g/mol. The fourth-order valence-corrected chi connectivity index (χ4v) is 2.73. The lowest BCUT2D eigenvalue weighted by Gasteiger charge is -2.33. The molecule has 1 unspecified atom stereocenters. The van der Waals surface area contributed by atoms with E-state index < -0.39 is 0 Å².